The number of primary amides is 2. The summed E-state index contributed by atoms with van der Waals surface area (Å²) in [4.78, 5) is 47.9. The third-order valence-corrected chi connectivity index (χ3v) is 6.47. The van der Waals surface area contributed by atoms with Gasteiger partial charge in [0.1, 0.15) is 5.82 Å². The van der Waals surface area contributed by atoms with Gasteiger partial charge in [0.05, 0.1) is 11.5 Å². The highest BCUT2D eigenvalue weighted by atomic mass is 16.2. The second kappa shape index (κ2) is 9.94. The van der Waals surface area contributed by atoms with E-state index in [1.165, 1.54) is 6.20 Å². The van der Waals surface area contributed by atoms with Crippen LogP contribution in [-0.2, 0) is 9.59 Å². The lowest BCUT2D eigenvalue weighted by molar-refractivity contribution is -0.129. The number of amides is 3. The third-order valence-electron chi connectivity index (χ3n) is 6.47. The molecular weight excluding hydrogens is 436 g/mol. The zero-order valence-electron chi connectivity index (χ0n) is 19.2. The lowest BCUT2D eigenvalue weighted by Crippen LogP contribution is -2.48. The second-order valence-corrected chi connectivity index (χ2v) is 8.68. The van der Waals surface area contributed by atoms with Gasteiger partial charge in [0.25, 0.3) is 5.91 Å². The number of hydrogen-bond donors (Lipinski definition) is 4. The van der Waals surface area contributed by atoms with Crippen LogP contribution in [0.1, 0.15) is 36.5 Å². The fourth-order valence-corrected chi connectivity index (χ4v) is 4.55. The molecule has 0 bridgehead atoms. The predicted octanol–water partition coefficient (Wildman–Crippen LogP) is 1.05. The average Bonchev–Trinajstić information content (AvgIpc) is 3.28. The third kappa shape index (κ3) is 5.19. The zero-order chi connectivity index (χ0) is 24.2. The molecule has 1 saturated heterocycles. The maximum atomic E-state index is 11.9. The molecule has 0 radical (unpaired) electrons. The molecule has 1 aromatic heterocycles. The van der Waals surface area contributed by atoms with Crippen molar-refractivity contribution in [2.24, 2.45) is 17.4 Å². The van der Waals surface area contributed by atoms with Gasteiger partial charge in [-0.25, -0.2) is 4.98 Å². The SMILES string of the molecule is CC(=O)N1CCN(c2ccc(Nc3ncc(C(N)=O)c(N[C@@H]4CCC[C@H]4C(N)=O)n3)cc2)CC1. The second-order valence-electron chi connectivity index (χ2n) is 8.68. The molecule has 6 N–H and O–H groups in total. The summed E-state index contributed by atoms with van der Waals surface area (Å²) in [6.45, 7) is 4.59. The molecule has 1 aliphatic carbocycles. The first-order chi connectivity index (χ1) is 16.3. The summed E-state index contributed by atoms with van der Waals surface area (Å²) in [6.07, 6.45) is 3.69. The van der Waals surface area contributed by atoms with Crippen LogP contribution in [0.25, 0.3) is 0 Å². The first kappa shape index (κ1) is 23.3. The first-order valence-corrected chi connectivity index (χ1v) is 11.4. The van der Waals surface area contributed by atoms with Gasteiger partial charge in [-0.05, 0) is 37.1 Å². The number of anilines is 4. The van der Waals surface area contributed by atoms with E-state index >= 15 is 0 Å². The van der Waals surface area contributed by atoms with E-state index < -0.39 is 5.91 Å². The minimum Gasteiger partial charge on any atom is -0.369 e. The van der Waals surface area contributed by atoms with Crippen LogP contribution < -0.4 is 27.0 Å². The minimum absolute atomic E-state index is 0.105. The van der Waals surface area contributed by atoms with E-state index in [1.54, 1.807) is 6.92 Å². The fourth-order valence-electron chi connectivity index (χ4n) is 4.55. The number of rotatable bonds is 7. The number of nitrogens with zero attached hydrogens (tertiary/aromatic N) is 4. The van der Waals surface area contributed by atoms with Gasteiger partial charge in [-0.1, -0.05) is 6.42 Å². The van der Waals surface area contributed by atoms with Crippen molar-refractivity contribution >= 4 is 40.9 Å². The van der Waals surface area contributed by atoms with E-state index in [4.69, 9.17) is 11.5 Å². The maximum absolute atomic E-state index is 11.9. The number of piperazine rings is 1. The lowest BCUT2D eigenvalue weighted by Gasteiger charge is -2.35. The molecule has 11 heteroatoms. The van der Waals surface area contributed by atoms with Crippen molar-refractivity contribution < 1.29 is 14.4 Å². The van der Waals surface area contributed by atoms with E-state index in [1.807, 2.05) is 29.2 Å². The number of aromatic nitrogens is 2. The fraction of sp³-hybridized carbons (Fsp3) is 0.435. The van der Waals surface area contributed by atoms with Crippen molar-refractivity contribution in [3.05, 3.63) is 36.0 Å². The summed E-state index contributed by atoms with van der Waals surface area (Å²) in [5.74, 6) is -0.666. The number of nitrogens with one attached hydrogen (secondary N) is 2. The molecule has 180 valence electrons. The standard InChI is InChI=1S/C23H30N8O3/c1-14(32)30-9-11-31(12-10-30)16-7-5-15(6-8-16)27-23-26-13-18(21(25)34)22(29-23)28-19-4-2-3-17(19)20(24)33/h5-8,13,17,19H,2-4,9-12H2,1H3,(H2,24,33)(H2,25,34)(H2,26,27,28,29)/t17-,19-/m1/s1. The lowest BCUT2D eigenvalue weighted by atomic mass is 10.0. The van der Waals surface area contributed by atoms with Gasteiger partial charge in [-0.3, -0.25) is 14.4 Å². The molecule has 2 fully saturated rings. The molecule has 2 atom stereocenters. The molecule has 11 nitrogen and oxygen atoms in total. The van der Waals surface area contributed by atoms with Crippen molar-refractivity contribution in [2.75, 3.05) is 41.7 Å². The molecule has 0 spiro atoms. The van der Waals surface area contributed by atoms with E-state index in [0.29, 0.717) is 25.5 Å². The molecule has 2 heterocycles. The van der Waals surface area contributed by atoms with Crippen molar-refractivity contribution in [1.82, 2.24) is 14.9 Å². The Morgan fingerprint density at radius 3 is 2.35 bits per heavy atom. The van der Waals surface area contributed by atoms with Crippen LogP contribution in [0.5, 0.6) is 0 Å². The Bertz CT molecular complexity index is 1070. The summed E-state index contributed by atoms with van der Waals surface area (Å²) in [6, 6.07) is 7.63. The summed E-state index contributed by atoms with van der Waals surface area (Å²) in [5, 5.41) is 6.33. The number of hydrogen-bond acceptors (Lipinski definition) is 8. The van der Waals surface area contributed by atoms with Gasteiger partial charge < -0.3 is 31.9 Å². The molecule has 4 rings (SSSR count). The van der Waals surface area contributed by atoms with E-state index in [-0.39, 0.29) is 35.2 Å². The molecule has 3 amide bonds. The van der Waals surface area contributed by atoms with Crippen LogP contribution >= 0.6 is 0 Å². The monoisotopic (exact) mass is 466 g/mol. The largest absolute Gasteiger partial charge is 0.369 e. The minimum atomic E-state index is -0.656. The summed E-state index contributed by atoms with van der Waals surface area (Å²) < 4.78 is 0. The van der Waals surface area contributed by atoms with Crippen molar-refractivity contribution in [3.63, 3.8) is 0 Å². The normalized spacial score (nSPS) is 20.1. The highest BCUT2D eigenvalue weighted by molar-refractivity contribution is 5.97. The Kier molecular flexibility index (Phi) is 6.80. The van der Waals surface area contributed by atoms with Crippen LogP contribution in [0, 0.1) is 5.92 Å². The molecule has 2 aliphatic rings. The zero-order valence-corrected chi connectivity index (χ0v) is 19.2. The highest BCUT2D eigenvalue weighted by Gasteiger charge is 2.32. The Balaban J connectivity index is 1.45. The van der Waals surface area contributed by atoms with E-state index in [9.17, 15) is 14.4 Å². The van der Waals surface area contributed by atoms with Gasteiger partial charge in [0.2, 0.25) is 17.8 Å². The van der Waals surface area contributed by atoms with Gasteiger partial charge in [-0.2, -0.15) is 4.98 Å². The summed E-state index contributed by atoms with van der Waals surface area (Å²) in [7, 11) is 0. The number of benzene rings is 1. The van der Waals surface area contributed by atoms with E-state index in [2.05, 4.69) is 25.5 Å². The van der Waals surface area contributed by atoms with Gasteiger partial charge >= 0.3 is 0 Å². The Hall–Kier alpha value is -3.89. The topological polar surface area (TPSA) is 160 Å². The molecule has 1 aromatic carbocycles. The van der Waals surface area contributed by atoms with Crippen molar-refractivity contribution in [2.45, 2.75) is 32.2 Å². The smallest absolute Gasteiger partial charge is 0.254 e. The molecule has 34 heavy (non-hydrogen) atoms. The Labute approximate surface area is 197 Å². The molecule has 1 saturated carbocycles. The Morgan fingerprint density at radius 1 is 1.03 bits per heavy atom. The van der Waals surface area contributed by atoms with Gasteiger partial charge in [0, 0.05) is 56.7 Å². The van der Waals surface area contributed by atoms with Crippen LogP contribution in [0.4, 0.5) is 23.1 Å². The van der Waals surface area contributed by atoms with Crippen molar-refractivity contribution in [1.29, 1.82) is 0 Å². The maximum Gasteiger partial charge on any atom is 0.254 e. The summed E-state index contributed by atoms with van der Waals surface area (Å²) >= 11 is 0. The van der Waals surface area contributed by atoms with E-state index in [0.717, 1.165) is 37.3 Å². The quantitative estimate of drug-likeness (QED) is 0.471. The molecule has 1 aliphatic heterocycles. The number of carbonyl (C=O) groups excluding carboxylic acids is 3. The number of carbonyl (C=O) groups is 3. The molecule has 0 unspecified atom stereocenters. The van der Waals surface area contributed by atoms with Gasteiger partial charge in [0.15, 0.2) is 0 Å². The molecular formula is C23H30N8O3. The summed E-state index contributed by atoms with van der Waals surface area (Å²) in [5.41, 5.74) is 13.0. The van der Waals surface area contributed by atoms with Crippen LogP contribution in [0.2, 0.25) is 0 Å². The Morgan fingerprint density at radius 2 is 1.74 bits per heavy atom. The average molecular weight is 467 g/mol. The molecule has 2 aromatic rings. The number of nitrogens with two attached hydrogens (primary N) is 2. The van der Waals surface area contributed by atoms with Crippen molar-refractivity contribution in [3.8, 4) is 0 Å². The van der Waals surface area contributed by atoms with Crippen LogP contribution in [0.3, 0.4) is 0 Å². The van der Waals surface area contributed by atoms with Crippen LogP contribution in [-0.4, -0.2) is 64.8 Å². The first-order valence-electron chi connectivity index (χ1n) is 11.4. The highest BCUT2D eigenvalue weighted by Crippen LogP contribution is 2.29. The van der Waals surface area contributed by atoms with Crippen LogP contribution in [0.15, 0.2) is 30.5 Å². The van der Waals surface area contributed by atoms with Gasteiger partial charge in [-0.15, -0.1) is 0 Å². The predicted molar refractivity (Wildman–Crippen MR) is 129 cm³/mol.